The normalized spacial score (nSPS) is 19.9. The molecule has 2 aromatic heterocycles. The molecule has 7 nitrogen and oxygen atoms in total. The van der Waals surface area contributed by atoms with Crippen molar-refractivity contribution in [1.29, 1.82) is 0 Å². The highest BCUT2D eigenvalue weighted by Gasteiger charge is 2.27. The molecule has 2 fully saturated rings. The average Bonchev–Trinajstić information content (AvgIpc) is 3.50. The Bertz CT molecular complexity index is 992. The molecule has 1 saturated carbocycles. The van der Waals surface area contributed by atoms with Crippen LogP contribution in [-0.4, -0.2) is 44.3 Å². The summed E-state index contributed by atoms with van der Waals surface area (Å²) in [5.74, 6) is 0.730. The first kappa shape index (κ1) is 18.1. The molecule has 3 aromatic rings. The smallest absolute Gasteiger partial charge is 0.272 e. The van der Waals surface area contributed by atoms with E-state index >= 15 is 0 Å². The van der Waals surface area contributed by atoms with Gasteiger partial charge in [0.25, 0.3) is 5.91 Å². The topological polar surface area (TPSA) is 75.9 Å². The molecule has 1 aromatic carbocycles. The van der Waals surface area contributed by atoms with E-state index in [2.05, 4.69) is 36.0 Å². The van der Waals surface area contributed by atoms with Gasteiger partial charge in [0.1, 0.15) is 0 Å². The molecule has 1 N–H and O–H groups in total. The first-order valence-electron chi connectivity index (χ1n) is 10.6. The number of anilines is 1. The summed E-state index contributed by atoms with van der Waals surface area (Å²) in [7, 11) is 0. The number of carbonyl (C=O) groups excluding carboxylic acids is 1. The summed E-state index contributed by atoms with van der Waals surface area (Å²) in [5.41, 5.74) is 2.58. The van der Waals surface area contributed by atoms with E-state index in [1.165, 1.54) is 12.8 Å². The lowest BCUT2D eigenvalue weighted by atomic mass is 10.2. The van der Waals surface area contributed by atoms with Crippen LogP contribution in [0.25, 0.3) is 11.0 Å². The first-order valence-corrected chi connectivity index (χ1v) is 10.6. The second-order valence-corrected chi connectivity index (χ2v) is 8.11. The van der Waals surface area contributed by atoms with Gasteiger partial charge in [-0.2, -0.15) is 0 Å². The SMILES string of the molecule is O=C(NC1CCCC1)c1ccc(N2CCCC2Cn2cnc3ccccc32)nn1. The predicted octanol–water partition coefficient (Wildman–Crippen LogP) is 3.17. The second kappa shape index (κ2) is 7.81. The number of nitrogens with zero attached hydrogens (tertiary/aromatic N) is 5. The largest absolute Gasteiger partial charge is 0.350 e. The molecule has 150 valence electrons. The van der Waals surface area contributed by atoms with Gasteiger partial charge in [0.2, 0.25) is 0 Å². The molecule has 0 spiro atoms. The monoisotopic (exact) mass is 390 g/mol. The molecule has 5 rings (SSSR count). The zero-order valence-electron chi connectivity index (χ0n) is 16.5. The number of hydrogen-bond acceptors (Lipinski definition) is 5. The number of nitrogens with one attached hydrogen (secondary N) is 1. The number of rotatable bonds is 5. The van der Waals surface area contributed by atoms with E-state index in [9.17, 15) is 4.79 Å². The third-order valence-electron chi connectivity index (χ3n) is 6.18. The van der Waals surface area contributed by atoms with Gasteiger partial charge < -0.3 is 14.8 Å². The van der Waals surface area contributed by atoms with Gasteiger partial charge in [-0.25, -0.2) is 4.98 Å². The number of benzene rings is 1. The van der Waals surface area contributed by atoms with Crippen LogP contribution in [0.15, 0.2) is 42.7 Å². The third-order valence-corrected chi connectivity index (χ3v) is 6.18. The van der Waals surface area contributed by atoms with E-state index in [1.807, 2.05) is 30.6 Å². The van der Waals surface area contributed by atoms with Crippen molar-refractivity contribution < 1.29 is 4.79 Å². The van der Waals surface area contributed by atoms with Gasteiger partial charge in [0.15, 0.2) is 11.5 Å². The highest BCUT2D eigenvalue weighted by Crippen LogP contribution is 2.26. The van der Waals surface area contributed by atoms with Crippen LogP contribution in [0, 0.1) is 0 Å². The van der Waals surface area contributed by atoms with E-state index in [0.717, 1.165) is 55.6 Å². The van der Waals surface area contributed by atoms with Crippen molar-refractivity contribution in [3.05, 3.63) is 48.4 Å². The molecule has 29 heavy (non-hydrogen) atoms. The lowest BCUT2D eigenvalue weighted by Gasteiger charge is -2.26. The number of hydrogen-bond donors (Lipinski definition) is 1. The van der Waals surface area contributed by atoms with Gasteiger partial charge in [-0.3, -0.25) is 4.79 Å². The molecule has 7 heteroatoms. The van der Waals surface area contributed by atoms with Crippen LogP contribution in [0.3, 0.4) is 0 Å². The number of aromatic nitrogens is 4. The van der Waals surface area contributed by atoms with Gasteiger partial charge in [0.05, 0.1) is 17.4 Å². The van der Waals surface area contributed by atoms with Crippen LogP contribution in [0.4, 0.5) is 5.82 Å². The molecule has 1 amide bonds. The third kappa shape index (κ3) is 3.69. The number of amides is 1. The number of fused-ring (bicyclic) bond motifs is 1. The standard InChI is InChI=1S/C22H26N6O/c29-22(24-16-6-1-2-7-16)19-11-12-21(26-25-19)28-13-5-8-17(28)14-27-15-23-18-9-3-4-10-20(18)27/h3-4,9-12,15-17H,1-2,5-8,13-14H2,(H,24,29). The number of carbonyl (C=O) groups is 1. The minimum Gasteiger partial charge on any atom is -0.350 e. The lowest BCUT2D eigenvalue weighted by molar-refractivity contribution is 0.0932. The summed E-state index contributed by atoms with van der Waals surface area (Å²) in [5, 5.41) is 11.7. The van der Waals surface area contributed by atoms with Crippen molar-refractivity contribution in [1.82, 2.24) is 25.1 Å². The van der Waals surface area contributed by atoms with Gasteiger partial charge in [0, 0.05) is 25.2 Å². The summed E-state index contributed by atoms with van der Waals surface area (Å²) >= 11 is 0. The highest BCUT2D eigenvalue weighted by atomic mass is 16.2. The fraction of sp³-hybridized carbons (Fsp3) is 0.455. The van der Waals surface area contributed by atoms with E-state index < -0.39 is 0 Å². The predicted molar refractivity (Wildman–Crippen MR) is 112 cm³/mol. The second-order valence-electron chi connectivity index (χ2n) is 8.11. The molecule has 1 saturated heterocycles. The Labute approximate surface area is 170 Å². The molecule has 1 aliphatic heterocycles. The lowest BCUT2D eigenvalue weighted by Crippen LogP contribution is -2.35. The number of para-hydroxylation sites is 2. The Hall–Kier alpha value is -2.96. The van der Waals surface area contributed by atoms with Crippen molar-refractivity contribution in [3.8, 4) is 0 Å². The zero-order chi connectivity index (χ0) is 19.6. The molecular weight excluding hydrogens is 364 g/mol. The molecule has 1 unspecified atom stereocenters. The summed E-state index contributed by atoms with van der Waals surface area (Å²) < 4.78 is 2.22. The summed E-state index contributed by atoms with van der Waals surface area (Å²) in [6.07, 6.45) is 8.67. The van der Waals surface area contributed by atoms with Crippen LogP contribution in [0.1, 0.15) is 49.0 Å². The Morgan fingerprint density at radius 1 is 1.03 bits per heavy atom. The quantitative estimate of drug-likeness (QED) is 0.724. The van der Waals surface area contributed by atoms with Crippen molar-refractivity contribution in [2.75, 3.05) is 11.4 Å². The van der Waals surface area contributed by atoms with E-state index in [-0.39, 0.29) is 11.9 Å². The summed E-state index contributed by atoms with van der Waals surface area (Å²) in [6, 6.07) is 12.6. The average molecular weight is 390 g/mol. The van der Waals surface area contributed by atoms with Crippen molar-refractivity contribution >= 4 is 22.8 Å². The molecule has 1 atom stereocenters. The van der Waals surface area contributed by atoms with Gasteiger partial charge in [-0.15, -0.1) is 10.2 Å². The fourth-order valence-electron chi connectivity index (χ4n) is 4.64. The highest BCUT2D eigenvalue weighted by molar-refractivity contribution is 5.92. The molecule has 1 aliphatic carbocycles. The maximum atomic E-state index is 12.4. The minimum absolute atomic E-state index is 0.112. The maximum Gasteiger partial charge on any atom is 0.272 e. The summed E-state index contributed by atoms with van der Waals surface area (Å²) in [6.45, 7) is 1.83. The minimum atomic E-state index is -0.112. The molecule has 2 aliphatic rings. The molecular formula is C22H26N6O. The maximum absolute atomic E-state index is 12.4. The fourth-order valence-corrected chi connectivity index (χ4v) is 4.64. The van der Waals surface area contributed by atoms with Crippen LogP contribution >= 0.6 is 0 Å². The Morgan fingerprint density at radius 3 is 2.72 bits per heavy atom. The van der Waals surface area contributed by atoms with Crippen molar-refractivity contribution in [2.24, 2.45) is 0 Å². The Balaban J connectivity index is 1.28. The van der Waals surface area contributed by atoms with Crippen LogP contribution in [0.2, 0.25) is 0 Å². The molecule has 3 heterocycles. The number of imidazole rings is 1. The molecule has 0 radical (unpaired) electrons. The van der Waals surface area contributed by atoms with Crippen molar-refractivity contribution in [3.63, 3.8) is 0 Å². The van der Waals surface area contributed by atoms with E-state index in [0.29, 0.717) is 11.7 Å². The van der Waals surface area contributed by atoms with E-state index in [1.54, 1.807) is 6.07 Å². The van der Waals surface area contributed by atoms with E-state index in [4.69, 9.17) is 0 Å². The molecule has 0 bridgehead atoms. The Kier molecular flexibility index (Phi) is 4.87. The van der Waals surface area contributed by atoms with Crippen LogP contribution < -0.4 is 10.2 Å². The van der Waals surface area contributed by atoms with Gasteiger partial charge >= 0.3 is 0 Å². The van der Waals surface area contributed by atoms with Crippen LogP contribution in [0.5, 0.6) is 0 Å². The zero-order valence-corrected chi connectivity index (χ0v) is 16.5. The Morgan fingerprint density at radius 2 is 1.90 bits per heavy atom. The van der Waals surface area contributed by atoms with Crippen LogP contribution in [-0.2, 0) is 6.54 Å². The van der Waals surface area contributed by atoms with Crippen molar-refractivity contribution in [2.45, 2.75) is 57.2 Å². The summed E-state index contributed by atoms with van der Waals surface area (Å²) in [4.78, 5) is 19.2. The van der Waals surface area contributed by atoms with Gasteiger partial charge in [-0.1, -0.05) is 25.0 Å². The first-order chi connectivity index (χ1) is 14.3. The van der Waals surface area contributed by atoms with Gasteiger partial charge in [-0.05, 0) is 49.9 Å².